The summed E-state index contributed by atoms with van der Waals surface area (Å²) in [6.07, 6.45) is 2.22. The van der Waals surface area contributed by atoms with E-state index >= 15 is 0 Å². The van der Waals surface area contributed by atoms with E-state index in [-0.39, 0.29) is 5.91 Å². The smallest absolute Gasteiger partial charge is 0.255 e. The van der Waals surface area contributed by atoms with Crippen molar-refractivity contribution in [2.24, 2.45) is 5.92 Å². The number of nitrogens with one attached hydrogen (secondary N) is 1. The summed E-state index contributed by atoms with van der Waals surface area (Å²) in [6.45, 7) is 7.45. The van der Waals surface area contributed by atoms with Crippen LogP contribution in [0.5, 0.6) is 5.75 Å². The van der Waals surface area contributed by atoms with Gasteiger partial charge in [0.2, 0.25) is 0 Å². The topological polar surface area (TPSA) is 38.3 Å². The van der Waals surface area contributed by atoms with Crippen molar-refractivity contribution >= 4 is 21.8 Å². The quantitative estimate of drug-likeness (QED) is 0.725. The number of para-hydroxylation sites is 1. The number of hydrogen-bond acceptors (Lipinski definition) is 2. The Morgan fingerprint density at radius 1 is 1.25 bits per heavy atom. The van der Waals surface area contributed by atoms with Gasteiger partial charge in [-0.3, -0.25) is 4.79 Å². The van der Waals surface area contributed by atoms with Gasteiger partial charge in [0, 0.05) is 11.4 Å². The summed E-state index contributed by atoms with van der Waals surface area (Å²) in [6, 6.07) is 7.34. The number of alkyl halides is 1. The Kier molecular flexibility index (Phi) is 7.67. The number of hydrogen-bond donors (Lipinski definition) is 1. The van der Waals surface area contributed by atoms with Crippen LogP contribution in [-0.2, 0) is 0 Å². The number of carbonyl (C=O) groups excluding carboxylic acids is 1. The molecule has 1 aromatic carbocycles. The Morgan fingerprint density at radius 3 is 2.50 bits per heavy atom. The molecule has 0 saturated carbocycles. The Hall–Kier alpha value is -1.03. The Bertz CT molecular complexity index is 419. The van der Waals surface area contributed by atoms with Crippen molar-refractivity contribution in [2.75, 3.05) is 13.2 Å². The highest BCUT2D eigenvalue weighted by Gasteiger charge is 2.17. The summed E-state index contributed by atoms with van der Waals surface area (Å²) in [5, 5.41) is 2.98. The van der Waals surface area contributed by atoms with Crippen LogP contribution in [-0.4, -0.2) is 23.9 Å². The van der Waals surface area contributed by atoms with Crippen molar-refractivity contribution in [1.82, 2.24) is 5.32 Å². The molecule has 0 fully saturated rings. The number of ether oxygens (including phenoxy) is 1. The number of halogens is 1. The predicted octanol–water partition coefficient (Wildman–Crippen LogP) is 4.01. The number of amides is 1. The fraction of sp³-hybridized carbons (Fsp3) is 0.562. The van der Waals surface area contributed by atoms with Crippen LogP contribution < -0.4 is 10.1 Å². The highest BCUT2D eigenvalue weighted by molar-refractivity contribution is 9.09. The van der Waals surface area contributed by atoms with Crippen LogP contribution in [0, 0.1) is 5.92 Å². The van der Waals surface area contributed by atoms with Crippen molar-refractivity contribution in [3.05, 3.63) is 29.8 Å². The lowest BCUT2D eigenvalue weighted by molar-refractivity contribution is 0.0948. The largest absolute Gasteiger partial charge is 0.493 e. The second kappa shape index (κ2) is 9.01. The molecule has 0 heterocycles. The predicted molar refractivity (Wildman–Crippen MR) is 86.7 cm³/mol. The maximum atomic E-state index is 12.2. The van der Waals surface area contributed by atoms with Crippen LogP contribution in [0.3, 0.4) is 0 Å². The first kappa shape index (κ1) is 17.0. The molecule has 20 heavy (non-hydrogen) atoms. The van der Waals surface area contributed by atoms with Gasteiger partial charge in [-0.25, -0.2) is 0 Å². The summed E-state index contributed by atoms with van der Waals surface area (Å²) >= 11 is 3.67. The van der Waals surface area contributed by atoms with E-state index in [0.717, 1.165) is 12.8 Å². The third-order valence-corrected chi connectivity index (χ3v) is 4.52. The molecule has 1 atom stereocenters. The van der Waals surface area contributed by atoms with E-state index in [4.69, 9.17) is 4.74 Å². The third kappa shape index (κ3) is 4.82. The summed E-state index contributed by atoms with van der Waals surface area (Å²) < 4.78 is 5.48. The van der Waals surface area contributed by atoms with Gasteiger partial charge in [-0.05, 0) is 25.0 Å². The van der Waals surface area contributed by atoms with E-state index in [1.165, 1.54) is 0 Å². The second-order valence-corrected chi connectivity index (χ2v) is 5.91. The Morgan fingerprint density at radius 2 is 1.90 bits per heavy atom. The van der Waals surface area contributed by atoms with E-state index in [1.54, 1.807) is 6.07 Å². The lowest BCUT2D eigenvalue weighted by Crippen LogP contribution is -2.33. The zero-order valence-electron chi connectivity index (χ0n) is 12.5. The third-order valence-electron chi connectivity index (χ3n) is 3.45. The maximum absolute atomic E-state index is 12.2. The van der Waals surface area contributed by atoms with Gasteiger partial charge in [0.15, 0.2) is 0 Å². The van der Waals surface area contributed by atoms with Gasteiger partial charge in [0.25, 0.3) is 5.91 Å². The Balaban J connectivity index is 2.63. The molecule has 0 aliphatic heterocycles. The van der Waals surface area contributed by atoms with Crippen molar-refractivity contribution in [1.29, 1.82) is 0 Å². The van der Waals surface area contributed by atoms with Gasteiger partial charge in [-0.2, -0.15) is 0 Å². The first-order valence-corrected chi connectivity index (χ1v) is 8.19. The number of rotatable bonds is 8. The fourth-order valence-electron chi connectivity index (χ4n) is 2.19. The zero-order valence-corrected chi connectivity index (χ0v) is 14.1. The maximum Gasteiger partial charge on any atom is 0.255 e. The van der Waals surface area contributed by atoms with E-state index in [9.17, 15) is 4.79 Å². The first-order chi connectivity index (χ1) is 9.63. The van der Waals surface area contributed by atoms with E-state index in [2.05, 4.69) is 35.1 Å². The van der Waals surface area contributed by atoms with Gasteiger partial charge >= 0.3 is 0 Å². The molecule has 1 unspecified atom stereocenters. The molecular formula is C16H24BrNO2. The van der Waals surface area contributed by atoms with Gasteiger partial charge < -0.3 is 10.1 Å². The van der Waals surface area contributed by atoms with Gasteiger partial charge in [-0.15, -0.1) is 0 Å². The number of benzene rings is 1. The minimum Gasteiger partial charge on any atom is -0.493 e. The lowest BCUT2D eigenvalue weighted by Gasteiger charge is -2.20. The van der Waals surface area contributed by atoms with Gasteiger partial charge in [0.05, 0.1) is 12.2 Å². The standard InChI is InChI=1S/C16H24BrNO2/c1-4-12(5-2)14(17)11-18-16(19)13-9-7-8-10-15(13)20-6-3/h7-10,12,14H,4-6,11H2,1-3H3,(H,18,19). The second-order valence-electron chi connectivity index (χ2n) is 4.73. The van der Waals surface area contributed by atoms with Crippen molar-refractivity contribution in [2.45, 2.75) is 38.4 Å². The van der Waals surface area contributed by atoms with Crippen LogP contribution in [0.4, 0.5) is 0 Å². The van der Waals surface area contributed by atoms with Crippen molar-refractivity contribution in [3.8, 4) is 5.75 Å². The number of carbonyl (C=O) groups is 1. The minimum absolute atomic E-state index is 0.0792. The monoisotopic (exact) mass is 341 g/mol. The average Bonchev–Trinajstić information content (AvgIpc) is 2.47. The summed E-state index contributed by atoms with van der Waals surface area (Å²) in [5.41, 5.74) is 0.596. The van der Waals surface area contributed by atoms with E-state index in [0.29, 0.717) is 35.2 Å². The van der Waals surface area contributed by atoms with Crippen LogP contribution in [0.15, 0.2) is 24.3 Å². The highest BCUT2D eigenvalue weighted by atomic mass is 79.9. The molecule has 3 nitrogen and oxygen atoms in total. The fourth-order valence-corrected chi connectivity index (χ4v) is 3.10. The van der Waals surface area contributed by atoms with Crippen molar-refractivity contribution in [3.63, 3.8) is 0 Å². The molecule has 0 spiro atoms. The van der Waals surface area contributed by atoms with Gasteiger partial charge in [-0.1, -0.05) is 54.8 Å². The molecule has 4 heteroatoms. The normalized spacial score (nSPS) is 12.2. The molecule has 0 aliphatic carbocycles. The molecule has 112 valence electrons. The summed E-state index contributed by atoms with van der Waals surface area (Å²) in [4.78, 5) is 12.5. The van der Waals surface area contributed by atoms with Crippen LogP contribution in [0.2, 0.25) is 0 Å². The molecule has 0 aliphatic rings. The Labute approximate surface area is 130 Å². The zero-order chi connectivity index (χ0) is 15.0. The summed E-state index contributed by atoms with van der Waals surface area (Å²) in [7, 11) is 0. The van der Waals surface area contributed by atoms with Crippen molar-refractivity contribution < 1.29 is 9.53 Å². The first-order valence-electron chi connectivity index (χ1n) is 7.28. The molecule has 1 aromatic rings. The van der Waals surface area contributed by atoms with Crippen LogP contribution in [0.1, 0.15) is 44.0 Å². The van der Waals surface area contributed by atoms with Crippen LogP contribution >= 0.6 is 15.9 Å². The molecule has 0 bridgehead atoms. The molecule has 0 saturated heterocycles. The molecule has 1 amide bonds. The van der Waals surface area contributed by atoms with Gasteiger partial charge in [0.1, 0.15) is 5.75 Å². The van der Waals surface area contributed by atoms with E-state index < -0.39 is 0 Å². The molecule has 0 aromatic heterocycles. The molecule has 0 radical (unpaired) electrons. The lowest BCUT2D eigenvalue weighted by atomic mass is 9.99. The molecular weight excluding hydrogens is 318 g/mol. The highest BCUT2D eigenvalue weighted by Crippen LogP contribution is 2.21. The average molecular weight is 342 g/mol. The minimum atomic E-state index is -0.0792. The van der Waals surface area contributed by atoms with Crippen LogP contribution in [0.25, 0.3) is 0 Å². The molecule has 1 N–H and O–H groups in total. The SMILES string of the molecule is CCOc1ccccc1C(=O)NCC(Br)C(CC)CC. The summed E-state index contributed by atoms with van der Waals surface area (Å²) in [5.74, 6) is 1.14. The molecule has 1 rings (SSSR count). The van der Waals surface area contributed by atoms with E-state index in [1.807, 2.05) is 25.1 Å².